The van der Waals surface area contributed by atoms with Crippen LogP contribution >= 0.6 is 0 Å². The van der Waals surface area contributed by atoms with Crippen LogP contribution in [0.5, 0.6) is 0 Å². The van der Waals surface area contributed by atoms with Gasteiger partial charge in [-0.2, -0.15) is 0 Å². The van der Waals surface area contributed by atoms with E-state index in [-0.39, 0.29) is 11.9 Å². The van der Waals surface area contributed by atoms with Crippen molar-refractivity contribution in [3.63, 3.8) is 0 Å². The molecule has 1 aliphatic rings. The van der Waals surface area contributed by atoms with E-state index in [9.17, 15) is 4.79 Å². The first kappa shape index (κ1) is 21.7. The number of morpholine rings is 1. The van der Waals surface area contributed by atoms with E-state index in [2.05, 4.69) is 39.7 Å². The summed E-state index contributed by atoms with van der Waals surface area (Å²) < 4.78 is 5.47. The molecule has 7 heteroatoms. The van der Waals surface area contributed by atoms with Crippen LogP contribution in [0.2, 0.25) is 0 Å². The van der Waals surface area contributed by atoms with Crippen LogP contribution in [0.15, 0.2) is 4.99 Å². The van der Waals surface area contributed by atoms with Crippen LogP contribution in [0.25, 0.3) is 0 Å². The highest BCUT2D eigenvalue weighted by Gasteiger charge is 2.22. The average molecular weight is 356 g/mol. The Bertz CT molecular complexity index is 406. The molecule has 146 valence electrons. The molecule has 0 radical (unpaired) electrons. The van der Waals surface area contributed by atoms with Gasteiger partial charge in [0.1, 0.15) is 0 Å². The van der Waals surface area contributed by atoms with Gasteiger partial charge < -0.3 is 20.7 Å². The topological polar surface area (TPSA) is 78.0 Å². The van der Waals surface area contributed by atoms with E-state index in [1.807, 2.05) is 13.8 Å². The highest BCUT2D eigenvalue weighted by Crippen LogP contribution is 2.12. The highest BCUT2D eigenvalue weighted by atomic mass is 16.5. The Morgan fingerprint density at radius 2 is 1.84 bits per heavy atom. The van der Waals surface area contributed by atoms with Crippen LogP contribution < -0.4 is 16.0 Å². The fraction of sp³-hybridized carbons (Fsp3) is 0.889. The summed E-state index contributed by atoms with van der Waals surface area (Å²) in [6.07, 6.45) is 1.58. The van der Waals surface area contributed by atoms with E-state index in [4.69, 9.17) is 4.74 Å². The van der Waals surface area contributed by atoms with Crippen LogP contribution in [0.4, 0.5) is 0 Å². The maximum Gasteiger partial charge on any atom is 0.221 e. The molecule has 1 saturated heterocycles. The molecule has 1 atom stereocenters. The first-order valence-electron chi connectivity index (χ1n) is 9.48. The molecule has 0 bridgehead atoms. The Balaban J connectivity index is 2.39. The third-order valence-corrected chi connectivity index (χ3v) is 4.13. The second-order valence-corrected chi connectivity index (χ2v) is 7.28. The lowest BCUT2D eigenvalue weighted by atomic mass is 10.0. The summed E-state index contributed by atoms with van der Waals surface area (Å²) in [7, 11) is 1.76. The van der Waals surface area contributed by atoms with Gasteiger partial charge in [0.15, 0.2) is 5.96 Å². The molecule has 1 amide bonds. The van der Waals surface area contributed by atoms with Crippen LogP contribution in [0.1, 0.15) is 40.5 Å². The minimum absolute atomic E-state index is 0.0592. The quantitative estimate of drug-likeness (QED) is 0.421. The largest absolute Gasteiger partial charge is 0.379 e. The molecule has 0 spiro atoms. The van der Waals surface area contributed by atoms with Gasteiger partial charge in [0.2, 0.25) is 5.91 Å². The molecule has 7 nitrogen and oxygen atoms in total. The van der Waals surface area contributed by atoms with Crippen molar-refractivity contribution < 1.29 is 9.53 Å². The van der Waals surface area contributed by atoms with Gasteiger partial charge in [-0.15, -0.1) is 0 Å². The summed E-state index contributed by atoms with van der Waals surface area (Å²) in [5.41, 5.74) is 0. The van der Waals surface area contributed by atoms with Gasteiger partial charge in [0.25, 0.3) is 0 Å². The monoisotopic (exact) mass is 355 g/mol. The van der Waals surface area contributed by atoms with E-state index in [1.165, 1.54) is 0 Å². The van der Waals surface area contributed by atoms with Crippen molar-refractivity contribution in [2.24, 2.45) is 10.9 Å². The van der Waals surface area contributed by atoms with Crippen LogP contribution in [-0.4, -0.2) is 75.3 Å². The van der Waals surface area contributed by atoms with Gasteiger partial charge in [-0.3, -0.25) is 14.7 Å². The fourth-order valence-electron chi connectivity index (χ4n) is 2.97. The summed E-state index contributed by atoms with van der Waals surface area (Å²) in [5, 5.41) is 9.52. The van der Waals surface area contributed by atoms with E-state index >= 15 is 0 Å². The van der Waals surface area contributed by atoms with Crippen molar-refractivity contribution in [3.8, 4) is 0 Å². The van der Waals surface area contributed by atoms with Crippen molar-refractivity contribution in [2.75, 3.05) is 46.4 Å². The second-order valence-electron chi connectivity index (χ2n) is 7.28. The SMILES string of the molecule is CN=C(NCCC(=O)NC(C)C)NCC(CC(C)C)N1CCOCC1. The third kappa shape index (κ3) is 9.65. The number of hydrogen-bond donors (Lipinski definition) is 3. The zero-order valence-corrected chi connectivity index (χ0v) is 16.6. The number of nitrogens with zero attached hydrogens (tertiary/aromatic N) is 2. The summed E-state index contributed by atoms with van der Waals surface area (Å²) in [6, 6.07) is 0.641. The van der Waals surface area contributed by atoms with Gasteiger partial charge in [0, 0.05) is 51.7 Å². The molecule has 3 N–H and O–H groups in total. The van der Waals surface area contributed by atoms with Crippen molar-refractivity contribution in [3.05, 3.63) is 0 Å². The number of guanidine groups is 1. The van der Waals surface area contributed by atoms with E-state index in [0.717, 1.165) is 45.2 Å². The minimum Gasteiger partial charge on any atom is -0.379 e. The lowest BCUT2D eigenvalue weighted by molar-refractivity contribution is -0.121. The molecule has 1 unspecified atom stereocenters. The van der Waals surface area contributed by atoms with E-state index in [1.54, 1.807) is 7.05 Å². The van der Waals surface area contributed by atoms with E-state index in [0.29, 0.717) is 24.9 Å². The van der Waals surface area contributed by atoms with Crippen molar-refractivity contribution in [1.82, 2.24) is 20.9 Å². The Morgan fingerprint density at radius 3 is 2.40 bits per heavy atom. The molecule has 0 aromatic rings. The molecule has 1 heterocycles. The summed E-state index contributed by atoms with van der Waals surface area (Å²) >= 11 is 0. The number of ether oxygens (including phenoxy) is 1. The number of aliphatic imine (C=N–C) groups is 1. The lowest BCUT2D eigenvalue weighted by Gasteiger charge is -2.35. The zero-order valence-electron chi connectivity index (χ0n) is 16.6. The van der Waals surface area contributed by atoms with Gasteiger partial charge in [-0.05, 0) is 26.2 Å². The predicted molar refractivity (Wildman–Crippen MR) is 103 cm³/mol. The van der Waals surface area contributed by atoms with Crippen LogP contribution in [-0.2, 0) is 9.53 Å². The number of nitrogens with one attached hydrogen (secondary N) is 3. The highest BCUT2D eigenvalue weighted by molar-refractivity contribution is 5.81. The number of amides is 1. The Morgan fingerprint density at radius 1 is 1.16 bits per heavy atom. The first-order chi connectivity index (χ1) is 11.9. The molecule has 0 aromatic heterocycles. The Kier molecular flexibility index (Phi) is 10.5. The second kappa shape index (κ2) is 12.1. The van der Waals surface area contributed by atoms with Gasteiger partial charge in [-0.25, -0.2) is 0 Å². The maximum absolute atomic E-state index is 11.7. The average Bonchev–Trinajstić information content (AvgIpc) is 2.56. The summed E-state index contributed by atoms with van der Waals surface area (Å²) in [6.45, 7) is 13.5. The smallest absolute Gasteiger partial charge is 0.221 e. The Labute approximate surface area is 153 Å². The Hall–Kier alpha value is -1.34. The van der Waals surface area contributed by atoms with Gasteiger partial charge >= 0.3 is 0 Å². The third-order valence-electron chi connectivity index (χ3n) is 4.13. The summed E-state index contributed by atoms with van der Waals surface area (Å²) in [4.78, 5) is 18.4. The number of hydrogen-bond acceptors (Lipinski definition) is 4. The number of carbonyl (C=O) groups is 1. The van der Waals surface area contributed by atoms with Crippen LogP contribution in [0.3, 0.4) is 0 Å². The lowest BCUT2D eigenvalue weighted by Crippen LogP contribution is -2.51. The molecular weight excluding hydrogens is 318 g/mol. The van der Waals surface area contributed by atoms with Gasteiger partial charge in [-0.1, -0.05) is 13.8 Å². The number of rotatable bonds is 9. The molecular formula is C18H37N5O2. The van der Waals surface area contributed by atoms with E-state index < -0.39 is 0 Å². The zero-order chi connectivity index (χ0) is 18.7. The predicted octanol–water partition coefficient (Wildman–Crippen LogP) is 0.813. The minimum atomic E-state index is 0.0592. The van der Waals surface area contributed by atoms with Crippen molar-refractivity contribution in [1.29, 1.82) is 0 Å². The normalized spacial score (nSPS) is 17.6. The van der Waals surface area contributed by atoms with Crippen molar-refractivity contribution >= 4 is 11.9 Å². The molecule has 25 heavy (non-hydrogen) atoms. The molecule has 0 aliphatic carbocycles. The van der Waals surface area contributed by atoms with Crippen LogP contribution in [0, 0.1) is 5.92 Å². The molecule has 1 rings (SSSR count). The molecule has 1 aliphatic heterocycles. The standard InChI is InChI=1S/C18H37N5O2/c1-14(2)12-16(23-8-10-25-11-9-23)13-21-18(19-5)20-7-6-17(24)22-15(3)4/h14-16H,6-13H2,1-5H3,(H,22,24)(H2,19,20,21). The van der Waals surface area contributed by atoms with Gasteiger partial charge in [0.05, 0.1) is 13.2 Å². The fourth-order valence-corrected chi connectivity index (χ4v) is 2.97. The van der Waals surface area contributed by atoms with Crippen molar-refractivity contribution in [2.45, 2.75) is 52.6 Å². The molecule has 1 fully saturated rings. The maximum atomic E-state index is 11.7. The summed E-state index contributed by atoms with van der Waals surface area (Å²) in [5.74, 6) is 1.45. The first-order valence-corrected chi connectivity index (χ1v) is 9.48. The molecule has 0 aromatic carbocycles. The molecule has 0 saturated carbocycles. The number of carbonyl (C=O) groups excluding carboxylic acids is 1.